The number of nitrogens with two attached hydrogens (primary N) is 1. The zero-order chi connectivity index (χ0) is 13.3. The van der Waals surface area contributed by atoms with E-state index in [2.05, 4.69) is 15.0 Å². The summed E-state index contributed by atoms with van der Waals surface area (Å²) >= 11 is 0. The number of aromatic nitrogens is 3. The fraction of sp³-hybridized carbons (Fsp3) is 0.167. The number of hydrogen-bond acceptors (Lipinski definition) is 5. The van der Waals surface area contributed by atoms with Gasteiger partial charge in [-0.3, -0.25) is 0 Å². The first kappa shape index (κ1) is 12.0. The smallest absolute Gasteiger partial charge is 0.341 e. The van der Waals surface area contributed by atoms with Crippen molar-refractivity contribution in [2.24, 2.45) is 0 Å². The lowest BCUT2D eigenvalue weighted by Gasteiger charge is -2.07. The van der Waals surface area contributed by atoms with Gasteiger partial charge in [0, 0.05) is 5.69 Å². The quantitative estimate of drug-likeness (QED) is 0.828. The Morgan fingerprint density at radius 1 is 1.22 bits per heavy atom. The number of carbonyl (C=O) groups is 1. The fourth-order valence-electron chi connectivity index (χ4n) is 1.64. The van der Waals surface area contributed by atoms with E-state index in [4.69, 9.17) is 10.8 Å². The molecule has 2 heterocycles. The second kappa shape index (κ2) is 4.40. The molecule has 0 aliphatic rings. The number of aryl methyl sites for hydroxylation is 2. The van der Waals surface area contributed by atoms with E-state index in [0.29, 0.717) is 17.2 Å². The number of hydrogen-bond donors (Lipinski definition) is 2. The van der Waals surface area contributed by atoms with E-state index in [1.165, 1.54) is 0 Å². The van der Waals surface area contributed by atoms with Gasteiger partial charge in [-0.05, 0) is 26.0 Å². The first-order valence-electron chi connectivity index (χ1n) is 5.30. The normalized spacial score (nSPS) is 10.3. The van der Waals surface area contributed by atoms with Crippen LogP contribution in [0.25, 0.3) is 11.5 Å². The summed E-state index contributed by atoms with van der Waals surface area (Å²) in [6.45, 7) is 3.44. The largest absolute Gasteiger partial charge is 0.477 e. The summed E-state index contributed by atoms with van der Waals surface area (Å²) in [7, 11) is 0. The predicted molar refractivity (Wildman–Crippen MR) is 66.1 cm³/mol. The Morgan fingerprint density at radius 3 is 2.50 bits per heavy atom. The van der Waals surface area contributed by atoms with Crippen molar-refractivity contribution in [2.45, 2.75) is 13.8 Å². The number of nitrogens with zero attached hydrogens (tertiary/aromatic N) is 3. The van der Waals surface area contributed by atoms with E-state index in [0.717, 1.165) is 5.69 Å². The average molecular weight is 244 g/mol. The summed E-state index contributed by atoms with van der Waals surface area (Å²) < 4.78 is 0. The maximum absolute atomic E-state index is 11.0. The molecule has 2 rings (SSSR count). The molecule has 2 aromatic heterocycles. The molecular weight excluding hydrogens is 232 g/mol. The molecule has 0 saturated carbocycles. The molecule has 92 valence electrons. The van der Waals surface area contributed by atoms with Crippen molar-refractivity contribution in [3.63, 3.8) is 0 Å². The molecule has 0 aliphatic heterocycles. The lowest BCUT2D eigenvalue weighted by molar-refractivity contribution is 0.0696. The fourth-order valence-corrected chi connectivity index (χ4v) is 1.64. The number of nitrogen functional groups attached to an aromatic ring is 1. The van der Waals surface area contributed by atoms with Crippen LogP contribution in [0.5, 0.6) is 0 Å². The SMILES string of the molecule is Cc1cccc(-c2nc(C)c(C(=O)O)c(N)n2)n1. The second-order valence-corrected chi connectivity index (χ2v) is 3.86. The molecular formula is C12H12N4O2. The minimum absolute atomic E-state index is 0.0479. The molecule has 0 bridgehead atoms. The van der Waals surface area contributed by atoms with Gasteiger partial charge in [-0.2, -0.15) is 0 Å². The van der Waals surface area contributed by atoms with Gasteiger partial charge >= 0.3 is 5.97 Å². The number of anilines is 1. The van der Waals surface area contributed by atoms with Crippen LogP contribution in [0.4, 0.5) is 5.82 Å². The highest BCUT2D eigenvalue weighted by Gasteiger charge is 2.16. The number of pyridine rings is 1. The second-order valence-electron chi connectivity index (χ2n) is 3.86. The number of rotatable bonds is 2. The molecule has 3 N–H and O–H groups in total. The van der Waals surface area contributed by atoms with Crippen molar-refractivity contribution < 1.29 is 9.90 Å². The van der Waals surface area contributed by atoms with Crippen LogP contribution < -0.4 is 5.73 Å². The maximum Gasteiger partial charge on any atom is 0.341 e. The number of carboxylic acid groups (broad SMARTS) is 1. The lowest BCUT2D eigenvalue weighted by atomic mass is 10.2. The molecule has 0 atom stereocenters. The van der Waals surface area contributed by atoms with Gasteiger partial charge in [0.05, 0.1) is 5.69 Å². The Balaban J connectivity index is 2.58. The summed E-state index contributed by atoms with van der Waals surface area (Å²) in [6, 6.07) is 5.44. The monoisotopic (exact) mass is 244 g/mol. The molecule has 0 aliphatic carbocycles. The molecule has 0 radical (unpaired) electrons. The van der Waals surface area contributed by atoms with Gasteiger partial charge in [0.1, 0.15) is 17.1 Å². The maximum atomic E-state index is 11.0. The molecule has 0 spiro atoms. The van der Waals surface area contributed by atoms with Crippen LogP contribution in [0.1, 0.15) is 21.7 Å². The summed E-state index contributed by atoms with van der Waals surface area (Å²) in [6.07, 6.45) is 0. The van der Waals surface area contributed by atoms with Crippen LogP contribution in [-0.4, -0.2) is 26.0 Å². The van der Waals surface area contributed by atoms with Crippen LogP contribution in [0.3, 0.4) is 0 Å². The third-order valence-corrected chi connectivity index (χ3v) is 2.45. The minimum atomic E-state index is -1.13. The number of carboxylic acids is 1. The van der Waals surface area contributed by atoms with E-state index in [1.54, 1.807) is 13.0 Å². The van der Waals surface area contributed by atoms with Gasteiger partial charge in [-0.15, -0.1) is 0 Å². The predicted octanol–water partition coefficient (Wildman–Crippen LogP) is 1.44. The summed E-state index contributed by atoms with van der Waals surface area (Å²) in [5.41, 5.74) is 7.30. The van der Waals surface area contributed by atoms with E-state index < -0.39 is 5.97 Å². The van der Waals surface area contributed by atoms with E-state index >= 15 is 0 Å². The zero-order valence-corrected chi connectivity index (χ0v) is 10.0. The summed E-state index contributed by atoms with van der Waals surface area (Å²) in [4.78, 5) is 23.4. The Labute approximate surface area is 104 Å². The highest BCUT2D eigenvalue weighted by Crippen LogP contribution is 2.19. The van der Waals surface area contributed by atoms with Crippen LogP contribution in [-0.2, 0) is 0 Å². The molecule has 0 aromatic carbocycles. The highest BCUT2D eigenvalue weighted by atomic mass is 16.4. The Bertz CT molecular complexity index is 602. The zero-order valence-electron chi connectivity index (χ0n) is 10.0. The third kappa shape index (κ3) is 2.13. The first-order valence-corrected chi connectivity index (χ1v) is 5.30. The van der Waals surface area contributed by atoms with Gasteiger partial charge < -0.3 is 10.8 Å². The van der Waals surface area contributed by atoms with Crippen LogP contribution in [0.2, 0.25) is 0 Å². The highest BCUT2D eigenvalue weighted by molar-refractivity contribution is 5.94. The van der Waals surface area contributed by atoms with Crippen molar-refractivity contribution in [1.82, 2.24) is 15.0 Å². The standard InChI is InChI=1S/C12H12N4O2/c1-6-4-3-5-8(14-6)11-15-7(2)9(12(17)18)10(13)16-11/h3-5H,1-2H3,(H,17,18)(H2,13,15,16). The van der Waals surface area contributed by atoms with Crippen molar-refractivity contribution in [2.75, 3.05) is 5.73 Å². The molecule has 0 saturated heterocycles. The van der Waals surface area contributed by atoms with E-state index in [-0.39, 0.29) is 11.4 Å². The van der Waals surface area contributed by atoms with E-state index in [9.17, 15) is 4.79 Å². The van der Waals surface area contributed by atoms with Crippen LogP contribution in [0.15, 0.2) is 18.2 Å². The van der Waals surface area contributed by atoms with Crippen molar-refractivity contribution in [3.8, 4) is 11.5 Å². The minimum Gasteiger partial charge on any atom is -0.477 e. The van der Waals surface area contributed by atoms with Crippen LogP contribution in [0, 0.1) is 13.8 Å². The molecule has 0 unspecified atom stereocenters. The Morgan fingerprint density at radius 2 is 1.94 bits per heavy atom. The molecule has 0 amide bonds. The topological polar surface area (TPSA) is 102 Å². The van der Waals surface area contributed by atoms with Crippen molar-refractivity contribution >= 4 is 11.8 Å². The Hall–Kier alpha value is -2.50. The molecule has 6 heteroatoms. The lowest BCUT2D eigenvalue weighted by Crippen LogP contribution is -2.10. The van der Waals surface area contributed by atoms with Crippen molar-refractivity contribution in [1.29, 1.82) is 0 Å². The first-order chi connectivity index (χ1) is 8.49. The molecule has 2 aromatic rings. The summed E-state index contributed by atoms with van der Waals surface area (Å²) in [5, 5.41) is 8.98. The van der Waals surface area contributed by atoms with Gasteiger partial charge in [0.25, 0.3) is 0 Å². The van der Waals surface area contributed by atoms with Crippen LogP contribution >= 0.6 is 0 Å². The molecule has 6 nitrogen and oxygen atoms in total. The van der Waals surface area contributed by atoms with E-state index in [1.807, 2.05) is 19.1 Å². The van der Waals surface area contributed by atoms with Gasteiger partial charge in [0.15, 0.2) is 5.82 Å². The molecule has 0 fully saturated rings. The van der Waals surface area contributed by atoms with Crippen molar-refractivity contribution in [3.05, 3.63) is 35.2 Å². The van der Waals surface area contributed by atoms with Gasteiger partial charge in [-0.25, -0.2) is 19.7 Å². The molecule has 18 heavy (non-hydrogen) atoms. The Kier molecular flexibility index (Phi) is 2.93. The average Bonchev–Trinajstić information content (AvgIpc) is 2.27. The third-order valence-electron chi connectivity index (χ3n) is 2.45. The van der Waals surface area contributed by atoms with Gasteiger partial charge in [0.2, 0.25) is 0 Å². The summed E-state index contributed by atoms with van der Waals surface area (Å²) in [5.74, 6) is -0.847. The van der Waals surface area contributed by atoms with Gasteiger partial charge in [-0.1, -0.05) is 6.07 Å². The number of aromatic carboxylic acids is 1.